The van der Waals surface area contributed by atoms with Gasteiger partial charge >= 0.3 is 0 Å². The summed E-state index contributed by atoms with van der Waals surface area (Å²) in [5, 5.41) is 21.7. The SMILES string of the molecule is CNC(=O)/C(=N/OC)c1ccccc1CO.CNC(=O)/C(=N/OC)c1ccccc1COc1ncc(C)cc1C.Cc1cnc(C)c(C)c1. The average Bonchev–Trinajstić information content (AvgIpc) is 3.11. The molecular weight excluding hydrogens is 624 g/mol. The van der Waals surface area contributed by atoms with Gasteiger partial charge in [-0.2, -0.15) is 0 Å². The summed E-state index contributed by atoms with van der Waals surface area (Å²) >= 11 is 0. The van der Waals surface area contributed by atoms with Crippen LogP contribution in [0.3, 0.4) is 0 Å². The number of benzene rings is 2. The van der Waals surface area contributed by atoms with Gasteiger partial charge in [0, 0.05) is 48.9 Å². The van der Waals surface area contributed by atoms with E-state index in [2.05, 4.69) is 55.7 Å². The van der Waals surface area contributed by atoms with E-state index < -0.39 is 0 Å². The second-order valence-corrected chi connectivity index (χ2v) is 10.7. The fourth-order valence-corrected chi connectivity index (χ4v) is 4.40. The Balaban J connectivity index is 0.000000285. The van der Waals surface area contributed by atoms with Gasteiger partial charge in [0.1, 0.15) is 20.8 Å². The second-order valence-electron chi connectivity index (χ2n) is 10.7. The number of carbonyl (C=O) groups is 2. The summed E-state index contributed by atoms with van der Waals surface area (Å²) in [4.78, 5) is 41.5. The van der Waals surface area contributed by atoms with E-state index in [-0.39, 0.29) is 36.5 Å². The predicted molar refractivity (Wildman–Crippen MR) is 191 cm³/mol. The van der Waals surface area contributed by atoms with Crippen molar-refractivity contribution in [2.75, 3.05) is 28.3 Å². The summed E-state index contributed by atoms with van der Waals surface area (Å²) in [5.41, 5.74) is 8.69. The van der Waals surface area contributed by atoms with Gasteiger partial charge in [-0.05, 0) is 68.5 Å². The highest BCUT2D eigenvalue weighted by molar-refractivity contribution is 6.46. The van der Waals surface area contributed by atoms with E-state index >= 15 is 0 Å². The maximum absolute atomic E-state index is 12.0. The zero-order valence-corrected chi connectivity index (χ0v) is 29.6. The number of pyridine rings is 2. The van der Waals surface area contributed by atoms with Crippen molar-refractivity contribution in [2.45, 2.75) is 47.8 Å². The average molecular weight is 671 g/mol. The number of nitrogens with one attached hydrogen (secondary N) is 2. The molecule has 0 saturated carbocycles. The Morgan fingerprint density at radius 3 is 1.63 bits per heavy atom. The summed E-state index contributed by atoms with van der Waals surface area (Å²) in [6, 6.07) is 18.5. The van der Waals surface area contributed by atoms with E-state index in [4.69, 9.17) is 14.7 Å². The molecule has 0 aliphatic heterocycles. The van der Waals surface area contributed by atoms with Crippen molar-refractivity contribution in [2.24, 2.45) is 10.3 Å². The number of aromatic nitrogens is 2. The number of ether oxygens (including phenoxy) is 1. The van der Waals surface area contributed by atoms with Gasteiger partial charge in [-0.1, -0.05) is 64.9 Å². The molecule has 2 amide bonds. The second kappa shape index (κ2) is 20.6. The molecule has 0 spiro atoms. The van der Waals surface area contributed by atoms with Crippen molar-refractivity contribution in [1.82, 2.24) is 20.6 Å². The lowest BCUT2D eigenvalue weighted by atomic mass is 10.0. The third-order valence-electron chi connectivity index (χ3n) is 6.97. The smallest absolute Gasteiger partial charge is 0.273 e. The number of rotatable bonds is 10. The van der Waals surface area contributed by atoms with Crippen LogP contribution in [0.5, 0.6) is 5.88 Å². The first-order chi connectivity index (χ1) is 23.5. The maximum atomic E-state index is 12.0. The minimum absolute atomic E-state index is 0.148. The van der Waals surface area contributed by atoms with Gasteiger partial charge in [-0.15, -0.1) is 0 Å². The molecule has 0 fully saturated rings. The molecule has 0 aliphatic rings. The lowest BCUT2D eigenvalue weighted by Crippen LogP contribution is -2.29. The molecule has 0 radical (unpaired) electrons. The molecular formula is C37H46N6O6. The summed E-state index contributed by atoms with van der Waals surface area (Å²) in [6.45, 7) is 10.2. The summed E-state index contributed by atoms with van der Waals surface area (Å²) in [7, 11) is 5.83. The Bertz CT molecular complexity index is 1760. The number of aliphatic hydroxyl groups excluding tert-OH is 1. The fraction of sp³-hybridized carbons (Fsp3) is 0.297. The largest absolute Gasteiger partial charge is 0.473 e. The molecule has 0 unspecified atom stereocenters. The first kappa shape index (κ1) is 39.6. The molecule has 0 bridgehead atoms. The summed E-state index contributed by atoms with van der Waals surface area (Å²) in [6.07, 6.45) is 3.65. The standard InChI is InChI=1S/C18H21N3O3.C11H14N2O3.C8H11N/c1-12-9-13(2)18(20-10-12)24-11-14-7-5-6-8-15(14)16(21-23-4)17(22)19-3;1-12-11(15)10(13-16-2)9-6-4-3-5-8(9)7-14;1-6-4-7(2)8(3)9-5-6/h5-10H,11H2,1-4H3,(H,19,22);3-6,14H,7H2,1-2H3,(H,12,15);4-5H,1-3H3/b21-16+;13-10+;. The van der Waals surface area contributed by atoms with Crippen molar-refractivity contribution in [3.63, 3.8) is 0 Å². The van der Waals surface area contributed by atoms with Gasteiger partial charge in [0.2, 0.25) is 5.88 Å². The fourth-order valence-electron chi connectivity index (χ4n) is 4.40. The van der Waals surface area contributed by atoms with Gasteiger partial charge < -0.3 is 30.2 Å². The lowest BCUT2D eigenvalue weighted by molar-refractivity contribution is -0.115. The van der Waals surface area contributed by atoms with Crippen LogP contribution in [0, 0.1) is 34.6 Å². The molecule has 2 aromatic heterocycles. The van der Waals surface area contributed by atoms with Gasteiger partial charge in [-0.3, -0.25) is 14.6 Å². The van der Waals surface area contributed by atoms with Gasteiger partial charge in [0.15, 0.2) is 11.4 Å². The van der Waals surface area contributed by atoms with E-state index in [0.717, 1.165) is 22.4 Å². The van der Waals surface area contributed by atoms with Crippen LogP contribution < -0.4 is 15.4 Å². The molecule has 0 saturated heterocycles. The Morgan fingerprint density at radius 2 is 1.18 bits per heavy atom. The molecule has 4 rings (SSSR count). The van der Waals surface area contributed by atoms with Crippen LogP contribution in [0.1, 0.15) is 50.2 Å². The Morgan fingerprint density at radius 1 is 0.714 bits per heavy atom. The molecule has 12 nitrogen and oxygen atoms in total. The number of carbonyl (C=O) groups excluding carboxylic acids is 2. The number of likely N-dealkylation sites (N-methyl/N-ethyl adjacent to an activating group) is 2. The van der Waals surface area contributed by atoms with Crippen LogP contribution in [0.25, 0.3) is 0 Å². The zero-order chi connectivity index (χ0) is 36.3. The molecule has 3 N–H and O–H groups in total. The lowest BCUT2D eigenvalue weighted by Gasteiger charge is -2.13. The highest BCUT2D eigenvalue weighted by atomic mass is 16.6. The quantitative estimate of drug-likeness (QED) is 0.163. The minimum atomic E-state index is -0.359. The normalized spacial score (nSPS) is 10.8. The van der Waals surface area contributed by atoms with Crippen molar-refractivity contribution in [3.8, 4) is 5.88 Å². The predicted octanol–water partition coefficient (Wildman–Crippen LogP) is 4.66. The number of oxime groups is 2. The van der Waals surface area contributed by atoms with E-state index in [1.54, 1.807) is 43.6 Å². The van der Waals surface area contributed by atoms with Gasteiger partial charge in [0.25, 0.3) is 11.8 Å². The summed E-state index contributed by atoms with van der Waals surface area (Å²) < 4.78 is 5.82. The van der Waals surface area contributed by atoms with Crippen LogP contribution in [0.2, 0.25) is 0 Å². The van der Waals surface area contributed by atoms with E-state index in [9.17, 15) is 9.59 Å². The number of aryl methyl sites for hydroxylation is 5. The van der Waals surface area contributed by atoms with Crippen molar-refractivity contribution >= 4 is 23.2 Å². The van der Waals surface area contributed by atoms with Crippen molar-refractivity contribution in [1.29, 1.82) is 0 Å². The molecule has 2 aromatic carbocycles. The monoisotopic (exact) mass is 670 g/mol. The number of amides is 2. The van der Waals surface area contributed by atoms with E-state index in [1.807, 2.05) is 51.2 Å². The van der Waals surface area contributed by atoms with E-state index in [1.165, 1.54) is 32.4 Å². The van der Waals surface area contributed by atoms with Crippen molar-refractivity contribution < 1.29 is 29.1 Å². The van der Waals surface area contributed by atoms with Crippen LogP contribution in [0.15, 0.2) is 83.4 Å². The van der Waals surface area contributed by atoms with Crippen molar-refractivity contribution in [3.05, 3.63) is 123 Å². The molecule has 49 heavy (non-hydrogen) atoms. The van der Waals surface area contributed by atoms with E-state index in [0.29, 0.717) is 22.6 Å². The Kier molecular flexibility index (Phi) is 16.6. The molecule has 2 heterocycles. The molecule has 0 atom stereocenters. The number of nitrogens with zero attached hydrogens (tertiary/aromatic N) is 4. The Labute approximate surface area is 288 Å². The highest BCUT2D eigenvalue weighted by Crippen LogP contribution is 2.19. The number of hydrogen-bond acceptors (Lipinski definition) is 10. The van der Waals surface area contributed by atoms with Gasteiger partial charge in [0.05, 0.1) is 6.61 Å². The van der Waals surface area contributed by atoms with Crippen LogP contribution in [-0.2, 0) is 32.5 Å². The van der Waals surface area contributed by atoms with Crippen LogP contribution >= 0.6 is 0 Å². The molecule has 4 aromatic rings. The zero-order valence-electron chi connectivity index (χ0n) is 29.6. The number of aliphatic hydroxyl groups is 1. The molecule has 0 aliphatic carbocycles. The third-order valence-corrected chi connectivity index (χ3v) is 6.97. The van der Waals surface area contributed by atoms with Gasteiger partial charge in [-0.25, -0.2) is 4.98 Å². The van der Waals surface area contributed by atoms with Crippen LogP contribution in [0.4, 0.5) is 0 Å². The molecule has 12 heteroatoms. The molecule has 260 valence electrons. The Hall–Kier alpha value is -5.62. The first-order valence-electron chi connectivity index (χ1n) is 15.4. The minimum Gasteiger partial charge on any atom is -0.473 e. The third kappa shape index (κ3) is 12.2. The topological polar surface area (TPSA) is 157 Å². The first-order valence-corrected chi connectivity index (χ1v) is 15.4. The number of hydrogen-bond donors (Lipinski definition) is 3. The van der Waals surface area contributed by atoms with Crippen LogP contribution in [-0.4, -0.2) is 66.6 Å². The maximum Gasteiger partial charge on any atom is 0.273 e. The summed E-state index contributed by atoms with van der Waals surface area (Å²) in [5.74, 6) is -0.114. The highest BCUT2D eigenvalue weighted by Gasteiger charge is 2.18.